The number of hydrogen-bond acceptors (Lipinski definition) is 6. The number of nitrogen functional groups attached to an aromatic ring is 1. The highest BCUT2D eigenvalue weighted by Crippen LogP contribution is 2.22. The molecular formula is C14H18N4OS. The number of nitrogens with zero attached hydrogens (tertiary/aromatic N) is 2. The number of aromatic nitrogens is 2. The monoisotopic (exact) mass is 290 g/mol. The summed E-state index contributed by atoms with van der Waals surface area (Å²) in [6.07, 6.45) is 1.92. The molecule has 3 N–H and O–H groups in total. The summed E-state index contributed by atoms with van der Waals surface area (Å²) in [6, 6.07) is 9.78. The van der Waals surface area contributed by atoms with Gasteiger partial charge in [-0.3, -0.25) is 0 Å². The third-order valence-electron chi connectivity index (χ3n) is 2.89. The molecule has 0 aliphatic rings. The maximum Gasteiger partial charge on any atom is 0.191 e. The van der Waals surface area contributed by atoms with E-state index in [4.69, 9.17) is 10.5 Å². The van der Waals surface area contributed by atoms with Crippen molar-refractivity contribution in [2.24, 2.45) is 0 Å². The first-order chi connectivity index (χ1) is 9.62. The fourth-order valence-corrected chi connectivity index (χ4v) is 2.19. The van der Waals surface area contributed by atoms with Crippen LogP contribution in [0.15, 0.2) is 35.5 Å². The van der Waals surface area contributed by atoms with E-state index in [1.165, 1.54) is 11.8 Å². The van der Waals surface area contributed by atoms with Crippen LogP contribution in [0.5, 0.6) is 5.75 Å². The van der Waals surface area contributed by atoms with E-state index < -0.39 is 0 Å². The Labute approximate surface area is 123 Å². The molecule has 1 aromatic carbocycles. The van der Waals surface area contributed by atoms with Gasteiger partial charge in [0.15, 0.2) is 5.16 Å². The van der Waals surface area contributed by atoms with Crippen LogP contribution in [-0.4, -0.2) is 23.3 Å². The zero-order valence-corrected chi connectivity index (χ0v) is 12.6. The first-order valence-electron chi connectivity index (χ1n) is 6.21. The average Bonchev–Trinajstić information content (AvgIpc) is 2.46. The van der Waals surface area contributed by atoms with Crippen molar-refractivity contribution >= 4 is 23.4 Å². The topological polar surface area (TPSA) is 73.1 Å². The predicted octanol–water partition coefficient (Wildman–Crippen LogP) is 2.96. The summed E-state index contributed by atoms with van der Waals surface area (Å²) >= 11 is 1.47. The molecule has 2 rings (SSSR count). The highest BCUT2D eigenvalue weighted by molar-refractivity contribution is 7.98. The van der Waals surface area contributed by atoms with Crippen LogP contribution in [0, 0.1) is 0 Å². The standard InChI is InChI=1S/C14H18N4OS/c1-9(10-4-6-11(19-2)7-5-10)16-13-8-12(15)17-14(18-13)20-3/h4-9H,1-3H3,(H3,15,16,17,18). The summed E-state index contributed by atoms with van der Waals surface area (Å²) < 4.78 is 5.15. The number of thioether (sulfide) groups is 1. The molecule has 1 unspecified atom stereocenters. The van der Waals surface area contributed by atoms with Crippen molar-refractivity contribution in [3.05, 3.63) is 35.9 Å². The second-order valence-electron chi connectivity index (χ2n) is 4.30. The van der Waals surface area contributed by atoms with Gasteiger partial charge in [-0.15, -0.1) is 0 Å². The Morgan fingerprint density at radius 2 is 1.95 bits per heavy atom. The van der Waals surface area contributed by atoms with E-state index in [1.54, 1.807) is 13.2 Å². The van der Waals surface area contributed by atoms with Gasteiger partial charge in [0.25, 0.3) is 0 Å². The predicted molar refractivity (Wildman–Crippen MR) is 83.3 cm³/mol. The number of anilines is 2. The van der Waals surface area contributed by atoms with Gasteiger partial charge in [-0.25, -0.2) is 9.97 Å². The number of nitrogens with one attached hydrogen (secondary N) is 1. The number of benzene rings is 1. The first-order valence-corrected chi connectivity index (χ1v) is 7.44. The molecule has 20 heavy (non-hydrogen) atoms. The van der Waals surface area contributed by atoms with E-state index in [0.717, 1.165) is 17.1 Å². The van der Waals surface area contributed by atoms with Crippen molar-refractivity contribution in [1.82, 2.24) is 9.97 Å². The van der Waals surface area contributed by atoms with Crippen LogP contribution in [0.3, 0.4) is 0 Å². The second-order valence-corrected chi connectivity index (χ2v) is 5.08. The Bertz CT molecular complexity index is 574. The first kappa shape index (κ1) is 14.5. The maximum atomic E-state index is 5.77. The summed E-state index contributed by atoms with van der Waals surface area (Å²) in [5.74, 6) is 2.04. The Kier molecular flexibility index (Phi) is 4.68. The van der Waals surface area contributed by atoms with Crippen LogP contribution < -0.4 is 15.8 Å². The van der Waals surface area contributed by atoms with Gasteiger partial charge in [-0.05, 0) is 30.9 Å². The fourth-order valence-electron chi connectivity index (χ4n) is 1.81. The summed E-state index contributed by atoms with van der Waals surface area (Å²) in [7, 11) is 1.66. The number of rotatable bonds is 5. The van der Waals surface area contributed by atoms with E-state index in [-0.39, 0.29) is 6.04 Å². The lowest BCUT2D eigenvalue weighted by atomic mass is 10.1. The average molecular weight is 290 g/mol. The minimum absolute atomic E-state index is 0.116. The zero-order chi connectivity index (χ0) is 14.5. The Morgan fingerprint density at radius 1 is 1.25 bits per heavy atom. The van der Waals surface area contributed by atoms with Gasteiger partial charge in [0, 0.05) is 12.1 Å². The van der Waals surface area contributed by atoms with Gasteiger partial charge >= 0.3 is 0 Å². The SMILES string of the molecule is COc1ccc(C(C)Nc2cc(N)nc(SC)n2)cc1. The van der Waals surface area contributed by atoms with E-state index in [2.05, 4.69) is 22.2 Å². The summed E-state index contributed by atoms with van der Waals surface area (Å²) in [6.45, 7) is 2.07. The van der Waals surface area contributed by atoms with E-state index in [1.807, 2.05) is 30.5 Å². The Hall–Kier alpha value is -1.95. The normalized spacial score (nSPS) is 11.9. The minimum atomic E-state index is 0.116. The molecule has 6 heteroatoms. The van der Waals surface area contributed by atoms with Crippen molar-refractivity contribution in [3.63, 3.8) is 0 Å². The molecule has 1 heterocycles. The van der Waals surface area contributed by atoms with Gasteiger partial charge in [-0.1, -0.05) is 23.9 Å². The quantitative estimate of drug-likeness (QED) is 0.651. The third kappa shape index (κ3) is 3.54. The molecule has 0 radical (unpaired) electrons. The largest absolute Gasteiger partial charge is 0.497 e. The molecule has 106 valence electrons. The maximum absolute atomic E-state index is 5.77. The van der Waals surface area contributed by atoms with Crippen LogP contribution in [0.2, 0.25) is 0 Å². The molecule has 0 amide bonds. The molecule has 0 aliphatic heterocycles. The molecule has 1 aromatic heterocycles. The van der Waals surface area contributed by atoms with Crippen LogP contribution in [0.4, 0.5) is 11.6 Å². The van der Waals surface area contributed by atoms with Gasteiger partial charge < -0.3 is 15.8 Å². The number of methoxy groups -OCH3 is 1. The van der Waals surface area contributed by atoms with Crippen LogP contribution in [0.25, 0.3) is 0 Å². The van der Waals surface area contributed by atoms with Crippen molar-refractivity contribution in [1.29, 1.82) is 0 Å². The summed E-state index contributed by atoms with van der Waals surface area (Å²) in [5, 5.41) is 3.99. The van der Waals surface area contributed by atoms with Crippen molar-refractivity contribution in [2.75, 3.05) is 24.4 Å². The Balaban J connectivity index is 2.13. The molecule has 2 aromatic rings. The molecule has 0 saturated heterocycles. The van der Waals surface area contributed by atoms with Gasteiger partial charge in [0.1, 0.15) is 17.4 Å². The molecule has 0 bridgehead atoms. The second kappa shape index (κ2) is 6.47. The van der Waals surface area contributed by atoms with E-state index in [9.17, 15) is 0 Å². The summed E-state index contributed by atoms with van der Waals surface area (Å²) in [4.78, 5) is 8.52. The van der Waals surface area contributed by atoms with Crippen molar-refractivity contribution in [2.45, 2.75) is 18.1 Å². The molecule has 1 atom stereocenters. The highest BCUT2D eigenvalue weighted by atomic mass is 32.2. The molecule has 0 spiro atoms. The van der Waals surface area contributed by atoms with E-state index >= 15 is 0 Å². The lowest BCUT2D eigenvalue weighted by Gasteiger charge is -2.16. The van der Waals surface area contributed by atoms with Crippen LogP contribution in [0.1, 0.15) is 18.5 Å². The molecule has 0 saturated carbocycles. The van der Waals surface area contributed by atoms with E-state index in [0.29, 0.717) is 11.0 Å². The fraction of sp³-hybridized carbons (Fsp3) is 0.286. The molecule has 5 nitrogen and oxygen atoms in total. The van der Waals surface area contributed by atoms with Crippen molar-refractivity contribution in [3.8, 4) is 5.75 Å². The number of hydrogen-bond donors (Lipinski definition) is 2. The van der Waals surface area contributed by atoms with Gasteiger partial charge in [0.2, 0.25) is 0 Å². The minimum Gasteiger partial charge on any atom is -0.497 e. The summed E-state index contributed by atoms with van der Waals surface area (Å²) in [5.41, 5.74) is 6.91. The van der Waals surface area contributed by atoms with Crippen LogP contribution in [-0.2, 0) is 0 Å². The Morgan fingerprint density at radius 3 is 2.55 bits per heavy atom. The molecular weight excluding hydrogens is 272 g/mol. The lowest BCUT2D eigenvalue weighted by Crippen LogP contribution is -2.09. The third-order valence-corrected chi connectivity index (χ3v) is 3.44. The molecule has 0 fully saturated rings. The molecule has 0 aliphatic carbocycles. The lowest BCUT2D eigenvalue weighted by molar-refractivity contribution is 0.414. The number of ether oxygens (including phenoxy) is 1. The van der Waals surface area contributed by atoms with Crippen LogP contribution >= 0.6 is 11.8 Å². The smallest absolute Gasteiger partial charge is 0.191 e. The van der Waals surface area contributed by atoms with Gasteiger partial charge in [-0.2, -0.15) is 0 Å². The highest BCUT2D eigenvalue weighted by Gasteiger charge is 2.08. The van der Waals surface area contributed by atoms with Crippen molar-refractivity contribution < 1.29 is 4.74 Å². The number of nitrogens with two attached hydrogens (primary N) is 1. The zero-order valence-electron chi connectivity index (χ0n) is 11.8. The van der Waals surface area contributed by atoms with Gasteiger partial charge in [0.05, 0.1) is 7.11 Å².